The van der Waals surface area contributed by atoms with Crippen LogP contribution in [0, 0.1) is 11.3 Å². The van der Waals surface area contributed by atoms with Crippen LogP contribution in [-0.2, 0) is 10.0 Å². The van der Waals surface area contributed by atoms with Gasteiger partial charge in [0, 0.05) is 8.95 Å². The number of hydrogen-bond donors (Lipinski definition) is 2. The second kappa shape index (κ2) is 6.05. The van der Waals surface area contributed by atoms with Gasteiger partial charge in [-0.2, -0.15) is 5.26 Å². The van der Waals surface area contributed by atoms with E-state index in [2.05, 4.69) is 36.6 Å². The Hall–Kier alpha value is -1.56. The van der Waals surface area contributed by atoms with E-state index in [0.29, 0.717) is 20.2 Å². The number of nitrogens with two attached hydrogens (primary N) is 1. The van der Waals surface area contributed by atoms with E-state index in [1.165, 1.54) is 30.3 Å². The maximum absolute atomic E-state index is 12.4. The van der Waals surface area contributed by atoms with Gasteiger partial charge >= 0.3 is 0 Å². The zero-order chi connectivity index (χ0) is 15.6. The van der Waals surface area contributed by atoms with E-state index < -0.39 is 10.0 Å². The van der Waals surface area contributed by atoms with E-state index in [-0.39, 0.29) is 10.6 Å². The van der Waals surface area contributed by atoms with E-state index in [0.717, 1.165) is 0 Å². The van der Waals surface area contributed by atoms with Crippen molar-refractivity contribution in [3.05, 3.63) is 50.9 Å². The smallest absolute Gasteiger partial charge is 0.264 e. The minimum Gasteiger partial charge on any atom is -0.398 e. The van der Waals surface area contributed by atoms with Crippen molar-refractivity contribution in [3.63, 3.8) is 0 Å². The molecule has 2 rings (SSSR count). The predicted octanol–water partition coefficient (Wildman–Crippen LogP) is 3.47. The first-order valence-corrected chi connectivity index (χ1v) is 8.68. The van der Waals surface area contributed by atoms with Crippen LogP contribution < -0.4 is 10.5 Å². The first-order valence-electron chi connectivity index (χ1n) is 5.61. The van der Waals surface area contributed by atoms with E-state index >= 15 is 0 Å². The molecular formula is C13H9Br2N3O2S. The number of rotatable bonds is 3. The molecule has 2 aromatic carbocycles. The van der Waals surface area contributed by atoms with Gasteiger partial charge in [-0.15, -0.1) is 0 Å². The van der Waals surface area contributed by atoms with Crippen LogP contribution in [-0.4, -0.2) is 8.42 Å². The van der Waals surface area contributed by atoms with Gasteiger partial charge < -0.3 is 5.73 Å². The van der Waals surface area contributed by atoms with Crippen molar-refractivity contribution in [1.29, 1.82) is 5.26 Å². The molecule has 0 saturated carbocycles. The third-order valence-electron chi connectivity index (χ3n) is 2.61. The van der Waals surface area contributed by atoms with E-state index in [4.69, 9.17) is 11.0 Å². The number of halogens is 2. The molecule has 0 spiro atoms. The molecular weight excluding hydrogens is 422 g/mol. The van der Waals surface area contributed by atoms with Crippen LogP contribution in [0.25, 0.3) is 0 Å². The number of nitriles is 1. The standard InChI is InChI=1S/C13H9Br2N3O2S/c14-9-2-3-11(17)13(6-9)21(19,20)18-12-4-1-8(7-16)5-10(12)15/h1-6,18H,17H2. The number of sulfonamides is 1. The Morgan fingerprint density at radius 3 is 2.48 bits per heavy atom. The zero-order valence-corrected chi connectivity index (χ0v) is 14.5. The Labute approximate surface area is 139 Å². The molecule has 0 amide bonds. The number of benzene rings is 2. The lowest BCUT2D eigenvalue weighted by Gasteiger charge is -2.12. The van der Waals surface area contributed by atoms with Crippen molar-refractivity contribution in [2.75, 3.05) is 10.5 Å². The summed E-state index contributed by atoms with van der Waals surface area (Å²) in [6.07, 6.45) is 0. The molecule has 0 atom stereocenters. The summed E-state index contributed by atoms with van der Waals surface area (Å²) in [6.45, 7) is 0. The summed E-state index contributed by atoms with van der Waals surface area (Å²) in [5, 5.41) is 8.80. The molecule has 8 heteroatoms. The molecule has 0 unspecified atom stereocenters. The van der Waals surface area contributed by atoms with Gasteiger partial charge in [0.15, 0.2) is 0 Å². The molecule has 0 aromatic heterocycles. The normalized spacial score (nSPS) is 10.9. The van der Waals surface area contributed by atoms with Crippen LogP contribution >= 0.6 is 31.9 Å². The van der Waals surface area contributed by atoms with Crippen molar-refractivity contribution in [1.82, 2.24) is 0 Å². The van der Waals surface area contributed by atoms with Crippen molar-refractivity contribution in [3.8, 4) is 6.07 Å². The average molecular weight is 431 g/mol. The highest BCUT2D eigenvalue weighted by molar-refractivity contribution is 9.10. The summed E-state index contributed by atoms with van der Waals surface area (Å²) in [7, 11) is -3.83. The SMILES string of the molecule is N#Cc1ccc(NS(=O)(=O)c2cc(Br)ccc2N)c(Br)c1. The van der Waals surface area contributed by atoms with E-state index in [9.17, 15) is 8.42 Å². The van der Waals surface area contributed by atoms with Crippen molar-refractivity contribution in [2.24, 2.45) is 0 Å². The zero-order valence-electron chi connectivity index (χ0n) is 10.5. The third kappa shape index (κ3) is 3.56. The number of nitrogens with one attached hydrogen (secondary N) is 1. The van der Waals surface area contributed by atoms with Gasteiger partial charge in [-0.25, -0.2) is 8.42 Å². The van der Waals surface area contributed by atoms with Crippen molar-refractivity contribution < 1.29 is 8.42 Å². The van der Waals surface area contributed by atoms with Crippen molar-refractivity contribution in [2.45, 2.75) is 4.90 Å². The van der Waals surface area contributed by atoms with Gasteiger partial charge in [0.1, 0.15) is 4.90 Å². The fraction of sp³-hybridized carbons (Fsp3) is 0. The quantitative estimate of drug-likeness (QED) is 0.728. The minimum absolute atomic E-state index is 0.0202. The van der Waals surface area contributed by atoms with Crippen LogP contribution in [0.1, 0.15) is 5.56 Å². The second-order valence-electron chi connectivity index (χ2n) is 4.09. The highest BCUT2D eigenvalue weighted by Crippen LogP contribution is 2.29. The van der Waals surface area contributed by atoms with Crippen LogP contribution in [0.15, 0.2) is 50.2 Å². The summed E-state index contributed by atoms with van der Waals surface area (Å²) in [4.78, 5) is -0.0202. The van der Waals surface area contributed by atoms with Gasteiger partial charge in [0.25, 0.3) is 10.0 Å². The molecule has 0 aliphatic rings. The molecule has 108 valence electrons. The Balaban J connectivity index is 2.43. The molecule has 5 nitrogen and oxygen atoms in total. The monoisotopic (exact) mass is 429 g/mol. The van der Waals surface area contributed by atoms with Gasteiger partial charge in [-0.3, -0.25) is 4.72 Å². The fourth-order valence-electron chi connectivity index (χ4n) is 1.61. The van der Waals surface area contributed by atoms with Gasteiger partial charge in [0.05, 0.1) is 23.0 Å². The molecule has 0 bridgehead atoms. The lowest BCUT2D eigenvalue weighted by atomic mass is 10.2. The van der Waals surface area contributed by atoms with Crippen LogP contribution in [0.3, 0.4) is 0 Å². The molecule has 0 saturated heterocycles. The molecule has 2 aromatic rings. The molecule has 0 aliphatic carbocycles. The van der Waals surface area contributed by atoms with Crippen molar-refractivity contribution >= 4 is 53.3 Å². The summed E-state index contributed by atoms with van der Waals surface area (Å²) in [6, 6.07) is 11.1. The van der Waals surface area contributed by atoms with E-state index in [1.807, 2.05) is 6.07 Å². The maximum atomic E-state index is 12.4. The summed E-state index contributed by atoms with van der Waals surface area (Å²) >= 11 is 6.44. The topological polar surface area (TPSA) is 96.0 Å². The molecule has 0 fully saturated rings. The fourth-order valence-corrected chi connectivity index (χ4v) is 3.97. The van der Waals surface area contributed by atoms with Gasteiger partial charge in [0.2, 0.25) is 0 Å². The number of nitrogens with zero attached hydrogens (tertiary/aromatic N) is 1. The summed E-state index contributed by atoms with van der Waals surface area (Å²) in [5.74, 6) is 0. The Bertz CT molecular complexity index is 845. The number of nitrogen functional groups attached to an aromatic ring is 1. The molecule has 21 heavy (non-hydrogen) atoms. The Kier molecular flexibility index (Phi) is 4.56. The molecule has 0 aliphatic heterocycles. The Morgan fingerprint density at radius 1 is 1.14 bits per heavy atom. The molecule has 0 radical (unpaired) electrons. The number of hydrogen-bond acceptors (Lipinski definition) is 4. The third-order valence-corrected chi connectivity index (χ3v) is 5.18. The minimum atomic E-state index is -3.83. The van der Waals surface area contributed by atoms with Crippen LogP contribution in [0.2, 0.25) is 0 Å². The van der Waals surface area contributed by atoms with Crippen LogP contribution in [0.4, 0.5) is 11.4 Å². The lowest BCUT2D eigenvalue weighted by molar-refractivity contribution is 0.601. The van der Waals surface area contributed by atoms with E-state index in [1.54, 1.807) is 6.07 Å². The van der Waals surface area contributed by atoms with Gasteiger partial charge in [-0.05, 0) is 52.3 Å². The summed E-state index contributed by atoms with van der Waals surface area (Å²) < 4.78 is 28.3. The first-order chi connectivity index (χ1) is 9.83. The van der Waals surface area contributed by atoms with Gasteiger partial charge in [-0.1, -0.05) is 15.9 Å². The Morgan fingerprint density at radius 2 is 1.86 bits per heavy atom. The highest BCUT2D eigenvalue weighted by atomic mass is 79.9. The molecule has 3 N–H and O–H groups in total. The maximum Gasteiger partial charge on any atom is 0.264 e. The lowest BCUT2D eigenvalue weighted by Crippen LogP contribution is -2.15. The predicted molar refractivity (Wildman–Crippen MR) is 88.2 cm³/mol. The summed E-state index contributed by atoms with van der Waals surface area (Å²) in [5.41, 5.74) is 6.62. The number of anilines is 2. The second-order valence-corrected chi connectivity index (χ2v) is 7.51. The first kappa shape index (κ1) is 15.8. The highest BCUT2D eigenvalue weighted by Gasteiger charge is 2.19. The van der Waals surface area contributed by atoms with Crippen LogP contribution in [0.5, 0.6) is 0 Å². The largest absolute Gasteiger partial charge is 0.398 e. The average Bonchev–Trinajstić information content (AvgIpc) is 2.43. The molecule has 0 heterocycles.